The SMILES string of the molecule is FC(F)(F)c1cccnc1OC1CCSC1. The first-order chi connectivity index (χ1) is 7.57. The summed E-state index contributed by atoms with van der Waals surface area (Å²) in [7, 11) is 0. The van der Waals surface area contributed by atoms with Gasteiger partial charge in [-0.15, -0.1) is 0 Å². The van der Waals surface area contributed by atoms with Crippen LogP contribution in [0.5, 0.6) is 5.88 Å². The topological polar surface area (TPSA) is 22.1 Å². The second-order valence-electron chi connectivity index (χ2n) is 3.46. The molecule has 1 aromatic rings. The fraction of sp³-hybridized carbons (Fsp3) is 0.500. The second-order valence-corrected chi connectivity index (χ2v) is 4.61. The Morgan fingerprint density at radius 3 is 2.88 bits per heavy atom. The molecule has 0 spiro atoms. The predicted octanol–water partition coefficient (Wildman–Crippen LogP) is 2.98. The van der Waals surface area contributed by atoms with E-state index < -0.39 is 11.7 Å². The summed E-state index contributed by atoms with van der Waals surface area (Å²) in [5, 5.41) is 0. The lowest BCUT2D eigenvalue weighted by atomic mass is 10.2. The first kappa shape index (κ1) is 11.6. The average Bonchev–Trinajstić information content (AvgIpc) is 2.70. The van der Waals surface area contributed by atoms with E-state index in [1.807, 2.05) is 0 Å². The molecule has 2 nitrogen and oxygen atoms in total. The van der Waals surface area contributed by atoms with E-state index in [1.54, 1.807) is 11.8 Å². The molecule has 0 N–H and O–H groups in total. The Morgan fingerprint density at radius 2 is 2.25 bits per heavy atom. The van der Waals surface area contributed by atoms with Gasteiger partial charge in [0.2, 0.25) is 5.88 Å². The van der Waals surface area contributed by atoms with Gasteiger partial charge >= 0.3 is 6.18 Å². The summed E-state index contributed by atoms with van der Waals surface area (Å²) in [4.78, 5) is 3.66. The van der Waals surface area contributed by atoms with Crippen molar-refractivity contribution in [2.75, 3.05) is 11.5 Å². The molecule has 2 heterocycles. The maximum absolute atomic E-state index is 12.6. The van der Waals surface area contributed by atoms with Gasteiger partial charge in [-0.1, -0.05) is 0 Å². The Morgan fingerprint density at radius 1 is 1.44 bits per heavy atom. The lowest BCUT2D eigenvalue weighted by Crippen LogP contribution is -2.18. The molecule has 0 aliphatic carbocycles. The number of rotatable bonds is 2. The zero-order valence-electron chi connectivity index (χ0n) is 8.33. The van der Waals surface area contributed by atoms with E-state index in [9.17, 15) is 13.2 Å². The monoisotopic (exact) mass is 249 g/mol. The van der Waals surface area contributed by atoms with Crippen LogP contribution in [-0.2, 0) is 6.18 Å². The number of pyridine rings is 1. The minimum absolute atomic E-state index is 0.152. The van der Waals surface area contributed by atoms with Crippen LogP contribution in [0.2, 0.25) is 0 Å². The Bertz CT molecular complexity index is 363. The average molecular weight is 249 g/mol. The third kappa shape index (κ3) is 2.61. The molecular formula is C10H10F3NOS. The van der Waals surface area contributed by atoms with Crippen LogP contribution < -0.4 is 4.74 Å². The van der Waals surface area contributed by atoms with Gasteiger partial charge in [0, 0.05) is 11.9 Å². The third-order valence-electron chi connectivity index (χ3n) is 2.24. The van der Waals surface area contributed by atoms with Gasteiger partial charge in [-0.2, -0.15) is 24.9 Å². The fourth-order valence-electron chi connectivity index (χ4n) is 1.46. The molecule has 16 heavy (non-hydrogen) atoms. The minimum Gasteiger partial charge on any atom is -0.473 e. The summed E-state index contributed by atoms with van der Waals surface area (Å²) >= 11 is 1.68. The molecule has 0 bridgehead atoms. The molecule has 0 saturated carbocycles. The number of ether oxygens (including phenoxy) is 1. The van der Waals surface area contributed by atoms with Crippen LogP contribution in [0.4, 0.5) is 13.2 Å². The van der Waals surface area contributed by atoms with Crippen LogP contribution in [0.1, 0.15) is 12.0 Å². The number of nitrogens with zero attached hydrogens (tertiary/aromatic N) is 1. The molecule has 0 aromatic carbocycles. The Balaban J connectivity index is 2.19. The molecule has 1 aliphatic rings. The van der Waals surface area contributed by atoms with E-state index >= 15 is 0 Å². The van der Waals surface area contributed by atoms with E-state index in [1.165, 1.54) is 12.3 Å². The van der Waals surface area contributed by atoms with Gasteiger partial charge in [0.05, 0.1) is 0 Å². The van der Waals surface area contributed by atoms with Crippen molar-refractivity contribution in [1.29, 1.82) is 0 Å². The van der Waals surface area contributed by atoms with Crippen LogP contribution >= 0.6 is 11.8 Å². The molecule has 2 rings (SSSR count). The quantitative estimate of drug-likeness (QED) is 0.804. The molecule has 6 heteroatoms. The van der Waals surface area contributed by atoms with Crippen LogP contribution in [-0.4, -0.2) is 22.6 Å². The van der Waals surface area contributed by atoms with Crippen molar-refractivity contribution in [3.05, 3.63) is 23.9 Å². The number of hydrogen-bond donors (Lipinski definition) is 0. The molecule has 0 amide bonds. The summed E-state index contributed by atoms with van der Waals surface area (Å²) < 4.78 is 43.1. The third-order valence-corrected chi connectivity index (χ3v) is 3.37. The summed E-state index contributed by atoms with van der Waals surface area (Å²) in [6, 6.07) is 2.25. The Hall–Kier alpha value is -0.910. The lowest BCUT2D eigenvalue weighted by molar-refractivity contribution is -0.139. The second kappa shape index (κ2) is 4.53. The van der Waals surface area contributed by atoms with Gasteiger partial charge in [-0.05, 0) is 24.3 Å². The van der Waals surface area contributed by atoms with Crippen LogP contribution in [0, 0.1) is 0 Å². The van der Waals surface area contributed by atoms with Crippen LogP contribution in [0.25, 0.3) is 0 Å². The molecule has 1 atom stereocenters. The highest BCUT2D eigenvalue weighted by atomic mass is 32.2. The smallest absolute Gasteiger partial charge is 0.421 e. The summed E-state index contributed by atoms with van der Waals surface area (Å²) in [6.45, 7) is 0. The first-order valence-corrected chi connectivity index (χ1v) is 5.99. The molecule has 88 valence electrons. The summed E-state index contributed by atoms with van der Waals surface area (Å²) in [6.07, 6.45) is -2.47. The highest BCUT2D eigenvalue weighted by molar-refractivity contribution is 7.99. The first-order valence-electron chi connectivity index (χ1n) is 4.84. The van der Waals surface area contributed by atoms with Crippen LogP contribution in [0.15, 0.2) is 18.3 Å². The van der Waals surface area contributed by atoms with Crippen molar-refractivity contribution in [3.8, 4) is 5.88 Å². The minimum atomic E-state index is -4.41. The van der Waals surface area contributed by atoms with Crippen molar-refractivity contribution < 1.29 is 17.9 Å². The molecule has 1 saturated heterocycles. The Kier molecular flexibility index (Phi) is 3.28. The molecule has 1 aromatic heterocycles. The standard InChI is InChI=1S/C10H10F3NOS/c11-10(12,13)8-2-1-4-14-9(8)15-7-3-5-16-6-7/h1-2,4,7H,3,5-6H2. The van der Waals surface area contributed by atoms with E-state index in [0.717, 1.165) is 24.0 Å². The van der Waals surface area contributed by atoms with Gasteiger partial charge in [-0.3, -0.25) is 0 Å². The number of aromatic nitrogens is 1. The molecule has 1 fully saturated rings. The largest absolute Gasteiger partial charge is 0.473 e. The fourth-order valence-corrected chi connectivity index (χ4v) is 2.56. The normalized spacial score (nSPS) is 21.1. The van der Waals surface area contributed by atoms with E-state index in [0.29, 0.717) is 0 Å². The lowest BCUT2D eigenvalue weighted by Gasteiger charge is -2.15. The number of hydrogen-bond acceptors (Lipinski definition) is 3. The molecule has 1 aliphatic heterocycles. The van der Waals surface area contributed by atoms with Crippen LogP contribution in [0.3, 0.4) is 0 Å². The molecular weight excluding hydrogens is 239 g/mol. The maximum atomic E-state index is 12.6. The Labute approximate surface area is 95.2 Å². The van der Waals surface area contributed by atoms with Crippen molar-refractivity contribution in [2.24, 2.45) is 0 Å². The molecule has 1 unspecified atom stereocenters. The van der Waals surface area contributed by atoms with Gasteiger partial charge in [-0.25, -0.2) is 4.98 Å². The van der Waals surface area contributed by atoms with E-state index in [-0.39, 0.29) is 12.0 Å². The van der Waals surface area contributed by atoms with Crippen molar-refractivity contribution in [1.82, 2.24) is 4.98 Å². The van der Waals surface area contributed by atoms with Crippen molar-refractivity contribution >= 4 is 11.8 Å². The van der Waals surface area contributed by atoms with E-state index in [4.69, 9.17) is 4.74 Å². The number of halogens is 3. The van der Waals surface area contributed by atoms with Crippen molar-refractivity contribution in [2.45, 2.75) is 18.7 Å². The zero-order valence-corrected chi connectivity index (χ0v) is 9.14. The summed E-state index contributed by atoms with van der Waals surface area (Å²) in [5.74, 6) is 1.36. The number of thioether (sulfide) groups is 1. The highest BCUT2D eigenvalue weighted by Crippen LogP contribution is 2.35. The number of alkyl halides is 3. The van der Waals surface area contributed by atoms with Crippen molar-refractivity contribution in [3.63, 3.8) is 0 Å². The van der Waals surface area contributed by atoms with Gasteiger partial charge < -0.3 is 4.74 Å². The zero-order chi connectivity index (χ0) is 11.6. The maximum Gasteiger partial charge on any atom is 0.421 e. The highest BCUT2D eigenvalue weighted by Gasteiger charge is 2.35. The predicted molar refractivity (Wildman–Crippen MR) is 55.6 cm³/mol. The van der Waals surface area contributed by atoms with E-state index in [2.05, 4.69) is 4.98 Å². The van der Waals surface area contributed by atoms with Gasteiger partial charge in [0.15, 0.2) is 0 Å². The summed E-state index contributed by atoms with van der Waals surface area (Å²) in [5.41, 5.74) is -0.799. The van der Waals surface area contributed by atoms with Gasteiger partial charge in [0.25, 0.3) is 0 Å². The van der Waals surface area contributed by atoms with Gasteiger partial charge in [0.1, 0.15) is 11.7 Å². The molecule has 0 radical (unpaired) electrons.